The van der Waals surface area contributed by atoms with Crippen LogP contribution in [0.1, 0.15) is 5.82 Å². The molecule has 2 aromatic rings. The molecule has 0 saturated heterocycles. The highest BCUT2D eigenvalue weighted by Gasteiger charge is 2.07. The third-order valence-corrected chi connectivity index (χ3v) is 2.97. The highest BCUT2D eigenvalue weighted by atomic mass is 79.9. The normalized spacial score (nSPS) is 10.2. The van der Waals surface area contributed by atoms with Gasteiger partial charge in [-0.1, -0.05) is 27.5 Å². The standard InChI is InChI=1S/C12H11BrClN3O/c1-7-16-11(15-2)6-12(17-7)18-10-4-3-8(13)5-9(10)14/h3-6H,1-2H3,(H,15,16,17). The Balaban J connectivity index is 2.30. The zero-order chi connectivity index (χ0) is 13.1. The lowest BCUT2D eigenvalue weighted by Crippen LogP contribution is -1.98. The summed E-state index contributed by atoms with van der Waals surface area (Å²) in [4.78, 5) is 8.38. The third-order valence-electron chi connectivity index (χ3n) is 2.18. The molecule has 6 heteroatoms. The molecule has 94 valence electrons. The van der Waals surface area contributed by atoms with Crippen molar-refractivity contribution in [3.63, 3.8) is 0 Å². The summed E-state index contributed by atoms with van der Waals surface area (Å²) in [6, 6.07) is 7.12. The van der Waals surface area contributed by atoms with Crippen LogP contribution < -0.4 is 10.1 Å². The molecule has 1 N–H and O–H groups in total. The van der Waals surface area contributed by atoms with Gasteiger partial charge in [-0.25, -0.2) is 4.98 Å². The van der Waals surface area contributed by atoms with E-state index < -0.39 is 0 Å². The van der Waals surface area contributed by atoms with E-state index in [4.69, 9.17) is 16.3 Å². The predicted octanol–water partition coefficient (Wildman–Crippen LogP) is 4.03. The van der Waals surface area contributed by atoms with Gasteiger partial charge in [0.15, 0.2) is 0 Å². The van der Waals surface area contributed by atoms with Crippen LogP contribution in [0.25, 0.3) is 0 Å². The van der Waals surface area contributed by atoms with Crippen LogP contribution in [-0.2, 0) is 0 Å². The Bertz CT molecular complexity index is 577. The third kappa shape index (κ3) is 3.11. The molecule has 0 amide bonds. The molecule has 0 saturated carbocycles. The predicted molar refractivity (Wildman–Crippen MR) is 75.5 cm³/mol. The second-order valence-electron chi connectivity index (χ2n) is 3.57. The molecule has 0 aliphatic heterocycles. The van der Waals surface area contributed by atoms with Gasteiger partial charge in [0.1, 0.15) is 17.4 Å². The van der Waals surface area contributed by atoms with Crippen LogP contribution in [0.2, 0.25) is 5.02 Å². The maximum Gasteiger partial charge on any atom is 0.224 e. The number of aromatic nitrogens is 2. The van der Waals surface area contributed by atoms with Gasteiger partial charge in [-0.15, -0.1) is 0 Å². The van der Waals surface area contributed by atoms with Crippen molar-refractivity contribution in [2.75, 3.05) is 12.4 Å². The number of hydrogen-bond donors (Lipinski definition) is 1. The fourth-order valence-corrected chi connectivity index (χ4v) is 2.10. The summed E-state index contributed by atoms with van der Waals surface area (Å²) in [5, 5.41) is 3.47. The molecule has 18 heavy (non-hydrogen) atoms. The van der Waals surface area contributed by atoms with Crippen molar-refractivity contribution < 1.29 is 4.74 Å². The Hall–Kier alpha value is -1.33. The van der Waals surface area contributed by atoms with Crippen molar-refractivity contribution >= 4 is 33.3 Å². The first-order valence-electron chi connectivity index (χ1n) is 5.25. The van der Waals surface area contributed by atoms with E-state index in [9.17, 15) is 0 Å². The number of aryl methyl sites for hydroxylation is 1. The molecule has 1 heterocycles. The average Bonchev–Trinajstić information content (AvgIpc) is 2.32. The number of rotatable bonds is 3. The van der Waals surface area contributed by atoms with Gasteiger partial charge in [-0.3, -0.25) is 0 Å². The van der Waals surface area contributed by atoms with E-state index in [1.165, 1.54) is 0 Å². The second-order valence-corrected chi connectivity index (χ2v) is 4.89. The highest BCUT2D eigenvalue weighted by molar-refractivity contribution is 9.10. The van der Waals surface area contributed by atoms with Gasteiger partial charge in [0.25, 0.3) is 0 Å². The van der Waals surface area contributed by atoms with Crippen LogP contribution in [0.3, 0.4) is 0 Å². The van der Waals surface area contributed by atoms with E-state index in [0.29, 0.717) is 28.3 Å². The summed E-state index contributed by atoms with van der Waals surface area (Å²) in [5.41, 5.74) is 0. The molecule has 1 aromatic carbocycles. The Morgan fingerprint density at radius 1 is 1.28 bits per heavy atom. The fourth-order valence-electron chi connectivity index (χ4n) is 1.39. The lowest BCUT2D eigenvalue weighted by molar-refractivity contribution is 0.460. The summed E-state index contributed by atoms with van der Waals surface area (Å²) in [5.74, 6) is 2.34. The van der Waals surface area contributed by atoms with Gasteiger partial charge in [-0.2, -0.15) is 4.98 Å². The van der Waals surface area contributed by atoms with Crippen molar-refractivity contribution in [1.82, 2.24) is 9.97 Å². The van der Waals surface area contributed by atoms with Gasteiger partial charge in [-0.05, 0) is 25.1 Å². The number of ether oxygens (including phenoxy) is 1. The molecule has 0 radical (unpaired) electrons. The van der Waals surface area contributed by atoms with Crippen LogP contribution in [0.5, 0.6) is 11.6 Å². The first kappa shape index (κ1) is 13.1. The minimum absolute atomic E-state index is 0.455. The van der Waals surface area contributed by atoms with E-state index in [0.717, 1.165) is 4.47 Å². The molecule has 0 aliphatic rings. The largest absolute Gasteiger partial charge is 0.437 e. The lowest BCUT2D eigenvalue weighted by Gasteiger charge is -2.09. The summed E-state index contributed by atoms with van der Waals surface area (Å²) in [7, 11) is 1.79. The van der Waals surface area contributed by atoms with Gasteiger partial charge in [0.2, 0.25) is 5.88 Å². The van der Waals surface area contributed by atoms with Gasteiger partial charge >= 0.3 is 0 Å². The lowest BCUT2D eigenvalue weighted by atomic mass is 10.3. The molecule has 0 fully saturated rings. The SMILES string of the molecule is CNc1cc(Oc2ccc(Br)cc2Cl)nc(C)n1. The van der Waals surface area contributed by atoms with Gasteiger partial charge < -0.3 is 10.1 Å². The Morgan fingerprint density at radius 3 is 2.72 bits per heavy atom. The van der Waals surface area contributed by atoms with E-state index >= 15 is 0 Å². The van der Waals surface area contributed by atoms with E-state index in [1.807, 2.05) is 6.07 Å². The number of anilines is 1. The first-order chi connectivity index (χ1) is 8.58. The Labute approximate surface area is 118 Å². The molecular weight excluding hydrogens is 318 g/mol. The Morgan fingerprint density at radius 2 is 2.06 bits per heavy atom. The monoisotopic (exact) mass is 327 g/mol. The van der Waals surface area contributed by atoms with E-state index in [-0.39, 0.29) is 0 Å². The molecule has 1 aromatic heterocycles. The molecule has 0 unspecified atom stereocenters. The molecule has 0 aliphatic carbocycles. The summed E-state index contributed by atoms with van der Waals surface area (Å²) >= 11 is 9.42. The molecule has 4 nitrogen and oxygen atoms in total. The molecular formula is C12H11BrClN3O. The van der Waals surface area contributed by atoms with Crippen molar-refractivity contribution in [1.29, 1.82) is 0 Å². The summed E-state index contributed by atoms with van der Waals surface area (Å²) in [6.07, 6.45) is 0. The summed E-state index contributed by atoms with van der Waals surface area (Å²) < 4.78 is 6.54. The van der Waals surface area contributed by atoms with E-state index in [2.05, 4.69) is 31.2 Å². The zero-order valence-electron chi connectivity index (χ0n) is 9.87. The number of halogens is 2. The molecule has 0 atom stereocenters. The van der Waals surface area contributed by atoms with Gasteiger partial charge in [0, 0.05) is 17.6 Å². The van der Waals surface area contributed by atoms with Crippen LogP contribution in [0, 0.1) is 6.92 Å². The zero-order valence-corrected chi connectivity index (χ0v) is 12.2. The summed E-state index contributed by atoms with van der Waals surface area (Å²) in [6.45, 7) is 1.80. The van der Waals surface area contributed by atoms with Crippen molar-refractivity contribution in [3.8, 4) is 11.6 Å². The second kappa shape index (κ2) is 5.54. The fraction of sp³-hybridized carbons (Fsp3) is 0.167. The van der Waals surface area contributed by atoms with Crippen molar-refractivity contribution in [2.45, 2.75) is 6.92 Å². The Kier molecular flexibility index (Phi) is 4.04. The maximum atomic E-state index is 6.08. The van der Waals surface area contributed by atoms with Crippen molar-refractivity contribution in [2.24, 2.45) is 0 Å². The highest BCUT2D eigenvalue weighted by Crippen LogP contribution is 2.31. The molecule has 0 spiro atoms. The van der Waals surface area contributed by atoms with Crippen LogP contribution >= 0.6 is 27.5 Å². The van der Waals surface area contributed by atoms with Crippen LogP contribution in [0.15, 0.2) is 28.7 Å². The van der Waals surface area contributed by atoms with Crippen molar-refractivity contribution in [3.05, 3.63) is 39.6 Å². The topological polar surface area (TPSA) is 47.0 Å². The minimum Gasteiger partial charge on any atom is -0.437 e. The maximum absolute atomic E-state index is 6.08. The van der Waals surface area contributed by atoms with Crippen LogP contribution in [0.4, 0.5) is 5.82 Å². The quantitative estimate of drug-likeness (QED) is 0.924. The number of benzene rings is 1. The number of nitrogens with one attached hydrogen (secondary N) is 1. The minimum atomic E-state index is 0.455. The van der Waals surface area contributed by atoms with Crippen LogP contribution in [-0.4, -0.2) is 17.0 Å². The van der Waals surface area contributed by atoms with Gasteiger partial charge in [0.05, 0.1) is 5.02 Å². The van der Waals surface area contributed by atoms with E-state index in [1.54, 1.807) is 32.2 Å². The molecule has 2 rings (SSSR count). The molecule has 0 bridgehead atoms. The number of nitrogens with zero attached hydrogens (tertiary/aromatic N) is 2. The smallest absolute Gasteiger partial charge is 0.224 e. The first-order valence-corrected chi connectivity index (χ1v) is 6.42. The number of hydrogen-bond acceptors (Lipinski definition) is 4. The average molecular weight is 329 g/mol.